The van der Waals surface area contributed by atoms with Crippen LogP contribution in [0.3, 0.4) is 0 Å². The van der Waals surface area contributed by atoms with Gasteiger partial charge in [-0.1, -0.05) is 26.2 Å². The van der Waals surface area contributed by atoms with Crippen molar-refractivity contribution < 1.29 is 24.3 Å². The van der Waals surface area contributed by atoms with Gasteiger partial charge in [-0.3, -0.25) is 19.3 Å². The molecule has 3 N–H and O–H groups in total. The number of hydrogen-bond donors (Lipinski definition) is 2. The maximum atomic E-state index is 12.4. The molecule has 0 unspecified atom stereocenters. The highest BCUT2D eigenvalue weighted by Crippen LogP contribution is 2.28. The van der Waals surface area contributed by atoms with E-state index in [4.69, 9.17) is 5.73 Å². The summed E-state index contributed by atoms with van der Waals surface area (Å²) >= 11 is 0. The summed E-state index contributed by atoms with van der Waals surface area (Å²) < 4.78 is 0. The van der Waals surface area contributed by atoms with Gasteiger partial charge < -0.3 is 10.8 Å². The second kappa shape index (κ2) is 8.45. The van der Waals surface area contributed by atoms with E-state index in [-0.39, 0.29) is 12.8 Å². The van der Waals surface area contributed by atoms with Crippen LogP contribution in [0.2, 0.25) is 0 Å². The van der Waals surface area contributed by atoms with Crippen molar-refractivity contribution in [1.82, 2.24) is 4.90 Å². The molecule has 0 saturated heterocycles. The van der Waals surface area contributed by atoms with E-state index in [0.717, 1.165) is 30.6 Å². The van der Waals surface area contributed by atoms with Gasteiger partial charge >= 0.3 is 5.97 Å². The normalized spacial score (nSPS) is 16.2. The predicted octanol–water partition coefficient (Wildman–Crippen LogP) is 1.36. The Morgan fingerprint density at radius 2 is 1.83 bits per heavy atom. The quantitative estimate of drug-likeness (QED) is 0.464. The SMILES string of the molecule is CCCCCCC1=C(C)C(=O)N([C@@H](CCC(N)=O)C(=O)O)C1=O. The van der Waals surface area contributed by atoms with Gasteiger partial charge in [-0.15, -0.1) is 0 Å². The summed E-state index contributed by atoms with van der Waals surface area (Å²) in [5, 5.41) is 9.28. The first-order chi connectivity index (χ1) is 10.8. The molecule has 1 aliphatic heterocycles. The standard InChI is InChI=1S/C16H24N2O5/c1-3-4-5-6-7-11-10(2)14(20)18(15(11)21)12(16(22)23)8-9-13(17)19/h12H,3-9H2,1-2H3,(H2,17,19)(H,22,23)/t12-/m0/s1. The van der Waals surface area contributed by atoms with Crippen LogP contribution < -0.4 is 5.73 Å². The molecule has 0 aromatic rings. The van der Waals surface area contributed by atoms with Crippen LogP contribution in [0.25, 0.3) is 0 Å². The Labute approximate surface area is 135 Å². The molecule has 1 heterocycles. The molecular weight excluding hydrogens is 300 g/mol. The van der Waals surface area contributed by atoms with E-state index in [1.165, 1.54) is 0 Å². The van der Waals surface area contributed by atoms with E-state index < -0.39 is 29.7 Å². The Bertz CT molecular complexity index is 539. The molecule has 1 aliphatic rings. The number of rotatable bonds is 10. The van der Waals surface area contributed by atoms with Gasteiger partial charge in [0.2, 0.25) is 5.91 Å². The van der Waals surface area contributed by atoms with Gasteiger partial charge in [-0.2, -0.15) is 0 Å². The molecular formula is C16H24N2O5. The van der Waals surface area contributed by atoms with E-state index in [9.17, 15) is 24.3 Å². The number of primary amides is 1. The highest BCUT2D eigenvalue weighted by molar-refractivity contribution is 6.20. The van der Waals surface area contributed by atoms with Crippen molar-refractivity contribution in [3.05, 3.63) is 11.1 Å². The first-order valence-corrected chi connectivity index (χ1v) is 7.90. The van der Waals surface area contributed by atoms with E-state index in [1.54, 1.807) is 6.92 Å². The van der Waals surface area contributed by atoms with Gasteiger partial charge in [-0.05, 0) is 26.2 Å². The summed E-state index contributed by atoms with van der Waals surface area (Å²) in [6, 6.07) is -1.36. The van der Waals surface area contributed by atoms with Crippen molar-refractivity contribution in [3.63, 3.8) is 0 Å². The molecule has 0 radical (unpaired) electrons. The van der Waals surface area contributed by atoms with Gasteiger partial charge in [0.25, 0.3) is 11.8 Å². The Kier molecular flexibility index (Phi) is 6.93. The van der Waals surface area contributed by atoms with Gasteiger partial charge in [0.05, 0.1) is 0 Å². The molecule has 0 aromatic heterocycles. The van der Waals surface area contributed by atoms with Crippen molar-refractivity contribution in [2.75, 3.05) is 0 Å². The number of hydrogen-bond acceptors (Lipinski definition) is 4. The fraction of sp³-hybridized carbons (Fsp3) is 0.625. The third-order valence-corrected chi connectivity index (χ3v) is 4.01. The summed E-state index contributed by atoms with van der Waals surface area (Å²) in [4.78, 5) is 47.7. The lowest BCUT2D eigenvalue weighted by atomic mass is 10.0. The van der Waals surface area contributed by atoms with Crippen LogP contribution in [0.4, 0.5) is 0 Å². The maximum Gasteiger partial charge on any atom is 0.326 e. The van der Waals surface area contributed by atoms with Gasteiger partial charge in [0.15, 0.2) is 0 Å². The van der Waals surface area contributed by atoms with Crippen molar-refractivity contribution in [2.24, 2.45) is 5.73 Å². The highest BCUT2D eigenvalue weighted by Gasteiger charge is 2.42. The molecule has 7 heteroatoms. The molecule has 0 aromatic carbocycles. The minimum absolute atomic E-state index is 0.168. The first-order valence-electron chi connectivity index (χ1n) is 7.90. The van der Waals surface area contributed by atoms with Crippen molar-refractivity contribution in [2.45, 2.75) is 64.8 Å². The molecule has 1 rings (SSSR count). The third-order valence-electron chi connectivity index (χ3n) is 4.01. The molecule has 7 nitrogen and oxygen atoms in total. The smallest absolute Gasteiger partial charge is 0.326 e. The van der Waals surface area contributed by atoms with Crippen molar-refractivity contribution in [3.8, 4) is 0 Å². The third kappa shape index (κ3) is 4.64. The van der Waals surface area contributed by atoms with Crippen LogP contribution in [0.5, 0.6) is 0 Å². The number of aliphatic carboxylic acids is 1. The number of amides is 3. The average molecular weight is 324 g/mol. The van der Waals surface area contributed by atoms with Gasteiger partial charge in [0, 0.05) is 17.6 Å². The number of unbranched alkanes of at least 4 members (excludes halogenated alkanes) is 3. The highest BCUT2D eigenvalue weighted by atomic mass is 16.4. The number of carboxylic acid groups (broad SMARTS) is 1. The minimum atomic E-state index is -1.36. The van der Waals surface area contributed by atoms with Gasteiger partial charge in [-0.25, -0.2) is 4.79 Å². The number of nitrogens with two attached hydrogens (primary N) is 1. The second-order valence-corrected chi connectivity index (χ2v) is 5.75. The van der Waals surface area contributed by atoms with Crippen LogP contribution in [-0.4, -0.2) is 39.7 Å². The fourth-order valence-corrected chi connectivity index (χ4v) is 2.66. The van der Waals surface area contributed by atoms with E-state index in [2.05, 4.69) is 6.92 Å². The summed E-state index contributed by atoms with van der Waals surface area (Å²) in [6.07, 6.45) is 3.96. The van der Waals surface area contributed by atoms with Crippen LogP contribution in [0.15, 0.2) is 11.1 Å². The predicted molar refractivity (Wildman–Crippen MR) is 83.2 cm³/mol. The Morgan fingerprint density at radius 1 is 1.17 bits per heavy atom. The van der Waals surface area contributed by atoms with Crippen LogP contribution in [0, 0.1) is 0 Å². The Balaban J connectivity index is 2.85. The summed E-state index contributed by atoms with van der Waals surface area (Å²) in [7, 11) is 0. The topological polar surface area (TPSA) is 118 Å². The van der Waals surface area contributed by atoms with E-state index in [0.29, 0.717) is 17.6 Å². The number of imide groups is 1. The van der Waals surface area contributed by atoms with Crippen molar-refractivity contribution >= 4 is 23.7 Å². The minimum Gasteiger partial charge on any atom is -0.480 e. The average Bonchev–Trinajstić information content (AvgIpc) is 2.68. The second-order valence-electron chi connectivity index (χ2n) is 5.75. The molecule has 1 atom stereocenters. The van der Waals surface area contributed by atoms with E-state index in [1.807, 2.05) is 0 Å². The number of carboxylic acids is 1. The molecule has 128 valence electrons. The Morgan fingerprint density at radius 3 is 2.35 bits per heavy atom. The van der Waals surface area contributed by atoms with Crippen LogP contribution in [0.1, 0.15) is 58.8 Å². The zero-order valence-electron chi connectivity index (χ0n) is 13.6. The van der Waals surface area contributed by atoms with Gasteiger partial charge in [0.1, 0.15) is 6.04 Å². The zero-order valence-corrected chi connectivity index (χ0v) is 13.6. The molecule has 0 bridgehead atoms. The number of carbonyl (C=O) groups is 4. The zero-order chi connectivity index (χ0) is 17.6. The molecule has 0 saturated carbocycles. The van der Waals surface area contributed by atoms with E-state index >= 15 is 0 Å². The lowest BCUT2D eigenvalue weighted by Crippen LogP contribution is -2.46. The summed E-state index contributed by atoms with van der Waals surface area (Å²) in [5.41, 5.74) is 5.72. The molecule has 23 heavy (non-hydrogen) atoms. The molecule has 0 fully saturated rings. The molecule has 0 spiro atoms. The first kappa shape index (κ1) is 18.9. The number of carbonyl (C=O) groups excluding carboxylic acids is 3. The van der Waals surface area contributed by atoms with Crippen LogP contribution >= 0.6 is 0 Å². The lowest BCUT2D eigenvalue weighted by Gasteiger charge is -2.22. The largest absolute Gasteiger partial charge is 0.480 e. The molecule has 0 aliphatic carbocycles. The summed E-state index contributed by atoms with van der Waals surface area (Å²) in [5.74, 6) is -3.12. The summed E-state index contributed by atoms with van der Waals surface area (Å²) in [6.45, 7) is 3.62. The Hall–Kier alpha value is -2.18. The van der Waals surface area contributed by atoms with Crippen LogP contribution in [-0.2, 0) is 19.2 Å². The lowest BCUT2D eigenvalue weighted by molar-refractivity contribution is -0.154. The monoisotopic (exact) mass is 324 g/mol. The maximum absolute atomic E-state index is 12.4. The number of nitrogens with zero attached hydrogens (tertiary/aromatic N) is 1. The van der Waals surface area contributed by atoms with Crippen molar-refractivity contribution in [1.29, 1.82) is 0 Å². The molecule has 3 amide bonds. The fourth-order valence-electron chi connectivity index (χ4n) is 2.66.